The van der Waals surface area contributed by atoms with E-state index in [1.54, 1.807) is 38.5 Å². The number of aryl methyl sites for hydroxylation is 1. The summed E-state index contributed by atoms with van der Waals surface area (Å²) < 4.78 is 15.7. The Morgan fingerprint density at radius 3 is 2.44 bits per heavy atom. The van der Waals surface area contributed by atoms with Gasteiger partial charge in [0.25, 0.3) is 5.89 Å². The van der Waals surface area contributed by atoms with Crippen molar-refractivity contribution in [3.05, 3.63) is 53.9 Å². The average Bonchev–Trinajstić information content (AvgIpc) is 3.17. The quantitative estimate of drug-likeness (QED) is 0.688. The van der Waals surface area contributed by atoms with Crippen LogP contribution in [0.3, 0.4) is 0 Å². The molecule has 0 bridgehead atoms. The highest BCUT2D eigenvalue weighted by Crippen LogP contribution is 2.28. The zero-order chi connectivity index (χ0) is 19.2. The molecule has 1 N–H and O–H groups in total. The third-order valence-electron chi connectivity index (χ3n) is 4.01. The Labute approximate surface area is 157 Å². The number of carbonyl (C=O) groups excluding carboxylic acids is 1. The summed E-state index contributed by atoms with van der Waals surface area (Å²) in [5.74, 6) is 2.23. The molecule has 1 heterocycles. The van der Waals surface area contributed by atoms with Crippen molar-refractivity contribution >= 4 is 11.6 Å². The highest BCUT2D eigenvalue weighted by molar-refractivity contribution is 5.92. The Morgan fingerprint density at radius 2 is 1.81 bits per heavy atom. The monoisotopic (exact) mass is 367 g/mol. The van der Waals surface area contributed by atoms with E-state index in [9.17, 15) is 4.79 Å². The van der Waals surface area contributed by atoms with Crippen molar-refractivity contribution in [2.75, 3.05) is 19.5 Å². The SMILES string of the molecule is CCc1noc(-c2ccc(NC(=O)Cc3ccc(OC)c(OC)c3)cc2)n1. The molecule has 0 saturated heterocycles. The molecule has 0 radical (unpaired) electrons. The standard InChI is InChI=1S/C20H21N3O4/c1-4-18-22-20(27-23-18)14-6-8-15(9-7-14)21-19(24)12-13-5-10-16(25-2)17(11-13)26-3/h5-11H,4,12H2,1-3H3,(H,21,24). The van der Waals surface area contributed by atoms with E-state index < -0.39 is 0 Å². The van der Waals surface area contributed by atoms with Gasteiger partial charge in [-0.25, -0.2) is 0 Å². The minimum absolute atomic E-state index is 0.124. The molecule has 1 amide bonds. The minimum atomic E-state index is -0.124. The lowest BCUT2D eigenvalue weighted by molar-refractivity contribution is -0.115. The van der Waals surface area contributed by atoms with E-state index in [0.717, 1.165) is 11.1 Å². The molecule has 3 rings (SSSR count). The Balaban J connectivity index is 1.64. The molecule has 7 heteroatoms. The van der Waals surface area contributed by atoms with Crippen molar-refractivity contribution in [2.24, 2.45) is 0 Å². The zero-order valence-corrected chi connectivity index (χ0v) is 15.5. The first-order valence-electron chi connectivity index (χ1n) is 8.56. The third kappa shape index (κ3) is 4.44. The first kappa shape index (κ1) is 18.4. The van der Waals surface area contributed by atoms with Gasteiger partial charge in [0.1, 0.15) is 0 Å². The summed E-state index contributed by atoms with van der Waals surface area (Å²) in [4.78, 5) is 16.6. The van der Waals surface area contributed by atoms with Gasteiger partial charge in [-0.2, -0.15) is 4.98 Å². The van der Waals surface area contributed by atoms with Crippen LogP contribution in [-0.2, 0) is 17.6 Å². The number of amides is 1. The Hall–Kier alpha value is -3.35. The lowest BCUT2D eigenvalue weighted by atomic mass is 10.1. The maximum Gasteiger partial charge on any atom is 0.257 e. The van der Waals surface area contributed by atoms with Gasteiger partial charge >= 0.3 is 0 Å². The first-order chi connectivity index (χ1) is 13.1. The molecule has 0 aliphatic heterocycles. The molecule has 2 aromatic carbocycles. The second-order valence-corrected chi connectivity index (χ2v) is 5.86. The number of hydrogen-bond donors (Lipinski definition) is 1. The highest BCUT2D eigenvalue weighted by Gasteiger charge is 2.10. The predicted molar refractivity (Wildman–Crippen MR) is 101 cm³/mol. The minimum Gasteiger partial charge on any atom is -0.493 e. The summed E-state index contributed by atoms with van der Waals surface area (Å²) in [6, 6.07) is 12.7. The normalized spacial score (nSPS) is 10.5. The summed E-state index contributed by atoms with van der Waals surface area (Å²) in [6.45, 7) is 1.96. The van der Waals surface area contributed by atoms with E-state index in [0.29, 0.717) is 35.3 Å². The molecule has 0 spiro atoms. The van der Waals surface area contributed by atoms with Crippen LogP contribution >= 0.6 is 0 Å². The predicted octanol–water partition coefficient (Wildman–Crippen LogP) is 3.50. The number of carbonyl (C=O) groups is 1. The maximum absolute atomic E-state index is 12.3. The number of hydrogen-bond acceptors (Lipinski definition) is 6. The molecule has 0 fully saturated rings. The summed E-state index contributed by atoms with van der Waals surface area (Å²) >= 11 is 0. The lowest BCUT2D eigenvalue weighted by Crippen LogP contribution is -2.14. The van der Waals surface area contributed by atoms with Crippen LogP contribution < -0.4 is 14.8 Å². The molecule has 27 heavy (non-hydrogen) atoms. The summed E-state index contributed by atoms with van der Waals surface area (Å²) in [7, 11) is 3.14. The Kier molecular flexibility index (Phi) is 5.71. The van der Waals surface area contributed by atoms with Gasteiger partial charge in [-0.1, -0.05) is 18.1 Å². The number of methoxy groups -OCH3 is 2. The van der Waals surface area contributed by atoms with Crippen molar-refractivity contribution < 1.29 is 18.8 Å². The van der Waals surface area contributed by atoms with Gasteiger partial charge in [0.2, 0.25) is 5.91 Å². The number of benzene rings is 2. The number of aromatic nitrogens is 2. The van der Waals surface area contributed by atoms with E-state index in [-0.39, 0.29) is 12.3 Å². The van der Waals surface area contributed by atoms with Gasteiger partial charge in [-0.05, 0) is 42.0 Å². The van der Waals surface area contributed by atoms with Crippen LogP contribution in [-0.4, -0.2) is 30.3 Å². The number of anilines is 1. The fourth-order valence-electron chi connectivity index (χ4n) is 2.59. The second kappa shape index (κ2) is 8.35. The van der Waals surface area contributed by atoms with E-state index in [2.05, 4.69) is 15.5 Å². The number of nitrogens with one attached hydrogen (secondary N) is 1. The largest absolute Gasteiger partial charge is 0.493 e. The smallest absolute Gasteiger partial charge is 0.257 e. The van der Waals surface area contributed by atoms with Gasteiger partial charge in [0, 0.05) is 17.7 Å². The molecule has 0 aliphatic carbocycles. The van der Waals surface area contributed by atoms with E-state index in [1.165, 1.54) is 0 Å². The molecule has 0 saturated carbocycles. The van der Waals surface area contributed by atoms with Crippen LogP contribution in [0.4, 0.5) is 5.69 Å². The van der Waals surface area contributed by atoms with Gasteiger partial charge in [-0.15, -0.1) is 0 Å². The first-order valence-corrected chi connectivity index (χ1v) is 8.56. The van der Waals surface area contributed by atoms with Crippen molar-refractivity contribution in [3.63, 3.8) is 0 Å². The van der Waals surface area contributed by atoms with Crippen molar-refractivity contribution in [2.45, 2.75) is 19.8 Å². The molecular weight excluding hydrogens is 346 g/mol. The van der Waals surface area contributed by atoms with Gasteiger partial charge in [0.05, 0.1) is 20.6 Å². The average molecular weight is 367 g/mol. The molecule has 1 aromatic heterocycles. The number of rotatable bonds is 7. The van der Waals surface area contributed by atoms with Crippen LogP contribution in [0, 0.1) is 0 Å². The molecule has 140 valence electrons. The van der Waals surface area contributed by atoms with Gasteiger partial charge in [0.15, 0.2) is 17.3 Å². The molecule has 0 aliphatic rings. The van der Waals surface area contributed by atoms with Crippen LogP contribution in [0.2, 0.25) is 0 Å². The molecule has 0 unspecified atom stereocenters. The lowest BCUT2D eigenvalue weighted by Gasteiger charge is -2.10. The highest BCUT2D eigenvalue weighted by atomic mass is 16.5. The molecule has 3 aromatic rings. The maximum atomic E-state index is 12.3. The van der Waals surface area contributed by atoms with Crippen LogP contribution in [0.15, 0.2) is 47.0 Å². The molecule has 7 nitrogen and oxygen atoms in total. The van der Waals surface area contributed by atoms with E-state index >= 15 is 0 Å². The fourth-order valence-corrected chi connectivity index (χ4v) is 2.59. The number of nitrogens with zero attached hydrogens (tertiary/aromatic N) is 2. The van der Waals surface area contributed by atoms with Crippen molar-refractivity contribution in [3.8, 4) is 23.0 Å². The fraction of sp³-hybridized carbons (Fsp3) is 0.250. The zero-order valence-electron chi connectivity index (χ0n) is 15.5. The Morgan fingerprint density at radius 1 is 1.07 bits per heavy atom. The van der Waals surface area contributed by atoms with Gasteiger partial charge < -0.3 is 19.3 Å². The molecule has 0 atom stereocenters. The summed E-state index contributed by atoms with van der Waals surface area (Å²) in [6.07, 6.45) is 0.944. The third-order valence-corrected chi connectivity index (χ3v) is 4.01. The topological polar surface area (TPSA) is 86.5 Å². The van der Waals surface area contributed by atoms with Crippen LogP contribution in [0.1, 0.15) is 18.3 Å². The van der Waals surface area contributed by atoms with Gasteiger partial charge in [-0.3, -0.25) is 4.79 Å². The Bertz CT molecular complexity index is 919. The summed E-state index contributed by atoms with van der Waals surface area (Å²) in [5, 5.41) is 6.75. The second-order valence-electron chi connectivity index (χ2n) is 5.86. The van der Waals surface area contributed by atoms with Crippen molar-refractivity contribution in [1.29, 1.82) is 0 Å². The van der Waals surface area contributed by atoms with Crippen LogP contribution in [0.5, 0.6) is 11.5 Å². The van der Waals surface area contributed by atoms with Crippen molar-refractivity contribution in [1.82, 2.24) is 10.1 Å². The molecular formula is C20H21N3O4. The number of ether oxygens (including phenoxy) is 2. The van der Waals surface area contributed by atoms with E-state index in [4.69, 9.17) is 14.0 Å². The summed E-state index contributed by atoms with van der Waals surface area (Å²) in [5.41, 5.74) is 2.33. The van der Waals surface area contributed by atoms with E-state index in [1.807, 2.05) is 25.1 Å². The van der Waals surface area contributed by atoms with Crippen LogP contribution in [0.25, 0.3) is 11.5 Å².